The Morgan fingerprint density at radius 2 is 1.79 bits per heavy atom. The molecule has 0 aliphatic carbocycles. The molecule has 3 aromatic carbocycles. The van der Waals surface area contributed by atoms with Gasteiger partial charge in [-0.15, -0.1) is 0 Å². The van der Waals surface area contributed by atoms with E-state index < -0.39 is 11.6 Å². The summed E-state index contributed by atoms with van der Waals surface area (Å²) in [5.41, 5.74) is 1.02. The lowest BCUT2D eigenvalue weighted by Crippen LogP contribution is -2.08. The summed E-state index contributed by atoms with van der Waals surface area (Å²) in [6.45, 7) is 2.43. The number of carbonyl (C=O) groups is 1. The van der Waals surface area contributed by atoms with Crippen LogP contribution in [0, 0.1) is 0 Å². The minimum atomic E-state index is -0.477. The van der Waals surface area contributed by atoms with Crippen LogP contribution in [0.1, 0.15) is 22.8 Å². The zero-order valence-corrected chi connectivity index (χ0v) is 15.3. The number of rotatable bonds is 5. The van der Waals surface area contributed by atoms with Crippen LogP contribution in [0.5, 0.6) is 5.75 Å². The lowest BCUT2D eigenvalue weighted by atomic mass is 10.0. The summed E-state index contributed by atoms with van der Waals surface area (Å²) >= 11 is 0. The SMILES string of the molecule is CCOc1ccc(C(=O)OCc2cc(=O)oc3ccc4ccccc4c23)cc1. The van der Waals surface area contributed by atoms with Gasteiger partial charge in [0.05, 0.1) is 12.2 Å². The molecule has 1 heterocycles. The maximum atomic E-state index is 12.4. The zero-order chi connectivity index (χ0) is 19.5. The summed E-state index contributed by atoms with van der Waals surface area (Å²) in [4.78, 5) is 24.3. The van der Waals surface area contributed by atoms with E-state index in [4.69, 9.17) is 13.9 Å². The lowest BCUT2D eigenvalue weighted by molar-refractivity contribution is 0.0474. The predicted octanol–water partition coefficient (Wildman–Crippen LogP) is 4.70. The summed E-state index contributed by atoms with van der Waals surface area (Å²) in [6, 6.07) is 19.6. The molecule has 0 saturated heterocycles. The van der Waals surface area contributed by atoms with Crippen molar-refractivity contribution in [2.45, 2.75) is 13.5 Å². The third kappa shape index (κ3) is 3.47. The van der Waals surface area contributed by atoms with Crippen LogP contribution in [0.4, 0.5) is 0 Å². The molecule has 4 rings (SSSR count). The number of fused-ring (bicyclic) bond motifs is 3. The molecule has 0 atom stereocenters. The Morgan fingerprint density at radius 3 is 2.57 bits per heavy atom. The molecule has 0 bridgehead atoms. The van der Waals surface area contributed by atoms with Gasteiger partial charge in [0.1, 0.15) is 17.9 Å². The van der Waals surface area contributed by atoms with Gasteiger partial charge in [-0.25, -0.2) is 9.59 Å². The highest BCUT2D eigenvalue weighted by Gasteiger charge is 2.13. The molecule has 4 aromatic rings. The number of esters is 1. The second-order valence-electron chi connectivity index (χ2n) is 6.28. The largest absolute Gasteiger partial charge is 0.494 e. The Morgan fingerprint density at radius 1 is 1.00 bits per heavy atom. The third-order valence-corrected chi connectivity index (χ3v) is 4.47. The average Bonchev–Trinajstić information content (AvgIpc) is 2.72. The van der Waals surface area contributed by atoms with Gasteiger partial charge in [0.2, 0.25) is 0 Å². The molecule has 0 amide bonds. The first-order valence-electron chi connectivity index (χ1n) is 9.00. The molecule has 0 spiro atoms. The van der Waals surface area contributed by atoms with Crippen LogP contribution < -0.4 is 10.4 Å². The fourth-order valence-electron chi connectivity index (χ4n) is 3.21. The van der Waals surface area contributed by atoms with Crippen LogP contribution in [0.25, 0.3) is 21.7 Å². The van der Waals surface area contributed by atoms with E-state index in [-0.39, 0.29) is 6.61 Å². The van der Waals surface area contributed by atoms with Crippen LogP contribution in [-0.2, 0) is 11.3 Å². The van der Waals surface area contributed by atoms with Crippen LogP contribution in [0.3, 0.4) is 0 Å². The molecular formula is C23H18O5. The minimum absolute atomic E-state index is 0.0256. The molecule has 0 saturated carbocycles. The molecule has 0 fully saturated rings. The molecule has 1 aromatic heterocycles. The highest BCUT2D eigenvalue weighted by atomic mass is 16.5. The first-order chi connectivity index (χ1) is 13.7. The minimum Gasteiger partial charge on any atom is -0.494 e. The molecule has 0 aliphatic rings. The van der Waals surface area contributed by atoms with E-state index in [0.717, 1.165) is 16.2 Å². The molecule has 0 unspecified atom stereocenters. The summed E-state index contributed by atoms with van der Waals surface area (Å²) in [7, 11) is 0. The molecule has 5 heteroatoms. The standard InChI is InChI=1S/C23H18O5/c1-2-26-18-10-7-16(8-11-18)23(25)27-14-17-13-21(24)28-20-12-9-15-5-3-4-6-19(15)22(17)20/h3-13H,2,14H2,1H3. The maximum absolute atomic E-state index is 12.4. The Kier molecular flexibility index (Phi) is 4.81. The van der Waals surface area contributed by atoms with Crippen molar-refractivity contribution in [3.8, 4) is 5.75 Å². The topological polar surface area (TPSA) is 65.7 Å². The Bertz CT molecular complexity index is 1210. The zero-order valence-electron chi connectivity index (χ0n) is 15.3. The van der Waals surface area contributed by atoms with E-state index in [2.05, 4.69) is 0 Å². The van der Waals surface area contributed by atoms with Crippen molar-refractivity contribution in [1.82, 2.24) is 0 Å². The van der Waals surface area contributed by atoms with Crippen molar-refractivity contribution in [2.24, 2.45) is 0 Å². The molecule has 0 N–H and O–H groups in total. The smallest absolute Gasteiger partial charge is 0.338 e. The Hall–Kier alpha value is -3.60. The fraction of sp³-hybridized carbons (Fsp3) is 0.130. The third-order valence-electron chi connectivity index (χ3n) is 4.47. The highest BCUT2D eigenvalue weighted by molar-refractivity contribution is 6.07. The molecule has 0 aliphatic heterocycles. The van der Waals surface area contributed by atoms with Crippen molar-refractivity contribution in [3.05, 3.63) is 88.3 Å². The maximum Gasteiger partial charge on any atom is 0.338 e. The van der Waals surface area contributed by atoms with E-state index >= 15 is 0 Å². The second kappa shape index (κ2) is 7.56. The number of hydrogen-bond donors (Lipinski definition) is 0. The van der Waals surface area contributed by atoms with Gasteiger partial charge in [0.25, 0.3) is 0 Å². The molecule has 140 valence electrons. The molecular weight excluding hydrogens is 356 g/mol. The van der Waals surface area contributed by atoms with E-state index in [9.17, 15) is 9.59 Å². The van der Waals surface area contributed by atoms with Gasteiger partial charge in [0, 0.05) is 17.0 Å². The molecule has 28 heavy (non-hydrogen) atoms. The Balaban J connectivity index is 1.65. The number of ether oxygens (including phenoxy) is 2. The van der Waals surface area contributed by atoms with E-state index in [0.29, 0.717) is 29.1 Å². The van der Waals surface area contributed by atoms with Crippen molar-refractivity contribution < 1.29 is 18.7 Å². The van der Waals surface area contributed by atoms with Crippen molar-refractivity contribution >= 4 is 27.7 Å². The number of carbonyl (C=O) groups excluding carboxylic acids is 1. The van der Waals surface area contributed by atoms with Gasteiger partial charge in [-0.05, 0) is 48.0 Å². The summed E-state index contributed by atoms with van der Waals surface area (Å²) in [5, 5.41) is 2.73. The van der Waals surface area contributed by atoms with Gasteiger partial charge in [-0.2, -0.15) is 0 Å². The number of hydrogen-bond acceptors (Lipinski definition) is 5. The van der Waals surface area contributed by atoms with Gasteiger partial charge in [-0.3, -0.25) is 0 Å². The van der Waals surface area contributed by atoms with Crippen molar-refractivity contribution in [1.29, 1.82) is 0 Å². The van der Waals surface area contributed by atoms with E-state index in [1.807, 2.05) is 37.3 Å². The van der Waals surface area contributed by atoms with Crippen molar-refractivity contribution in [2.75, 3.05) is 6.61 Å². The first-order valence-corrected chi connectivity index (χ1v) is 9.00. The monoisotopic (exact) mass is 374 g/mol. The lowest BCUT2D eigenvalue weighted by Gasteiger charge is -2.10. The van der Waals surface area contributed by atoms with Crippen LogP contribution in [0.15, 0.2) is 75.9 Å². The Labute approximate surface area is 161 Å². The highest BCUT2D eigenvalue weighted by Crippen LogP contribution is 2.28. The van der Waals surface area contributed by atoms with E-state index in [1.54, 1.807) is 30.3 Å². The van der Waals surface area contributed by atoms with Crippen molar-refractivity contribution in [3.63, 3.8) is 0 Å². The molecule has 5 nitrogen and oxygen atoms in total. The normalized spacial score (nSPS) is 10.9. The average molecular weight is 374 g/mol. The van der Waals surface area contributed by atoms with Gasteiger partial charge in [0.15, 0.2) is 0 Å². The van der Waals surface area contributed by atoms with Gasteiger partial charge < -0.3 is 13.9 Å². The summed E-state index contributed by atoms with van der Waals surface area (Å²) in [5.74, 6) is 0.224. The first kappa shape index (κ1) is 17.8. The predicted molar refractivity (Wildman–Crippen MR) is 107 cm³/mol. The van der Waals surface area contributed by atoms with Crippen LogP contribution >= 0.6 is 0 Å². The quantitative estimate of drug-likeness (QED) is 0.288. The van der Waals surface area contributed by atoms with Crippen LogP contribution in [-0.4, -0.2) is 12.6 Å². The fourth-order valence-corrected chi connectivity index (χ4v) is 3.21. The van der Waals surface area contributed by atoms with Gasteiger partial charge >= 0.3 is 11.6 Å². The van der Waals surface area contributed by atoms with Crippen LogP contribution in [0.2, 0.25) is 0 Å². The molecule has 0 radical (unpaired) electrons. The van der Waals surface area contributed by atoms with Gasteiger partial charge in [-0.1, -0.05) is 30.3 Å². The number of benzene rings is 3. The summed E-state index contributed by atoms with van der Waals surface area (Å²) < 4.78 is 16.2. The second-order valence-corrected chi connectivity index (χ2v) is 6.28. The van der Waals surface area contributed by atoms with E-state index in [1.165, 1.54) is 6.07 Å². The summed E-state index contributed by atoms with van der Waals surface area (Å²) in [6.07, 6.45) is 0.